The van der Waals surface area contributed by atoms with Gasteiger partial charge in [-0.05, 0) is 71.6 Å². The Hall–Kier alpha value is -2.54. The monoisotopic (exact) mass is 413 g/mol. The molecule has 2 aliphatic rings. The second-order valence-electron chi connectivity index (χ2n) is 9.93. The number of carbonyl (C=O) groups excluding carboxylic acids is 2. The highest BCUT2D eigenvalue weighted by atomic mass is 16.6. The molecule has 4 N–H and O–H groups in total. The van der Waals surface area contributed by atoms with Crippen molar-refractivity contribution >= 4 is 22.9 Å². The first kappa shape index (κ1) is 20.7. The Bertz CT molecular complexity index is 976. The Kier molecular flexibility index (Phi) is 5.04. The minimum atomic E-state index is -0.600. The van der Waals surface area contributed by atoms with Crippen LogP contribution in [0, 0.1) is 12.3 Å². The van der Waals surface area contributed by atoms with Crippen molar-refractivity contribution in [1.82, 2.24) is 15.6 Å². The molecular formula is C23H31N3O4. The zero-order chi connectivity index (χ0) is 21.7. The highest BCUT2D eigenvalue weighted by Crippen LogP contribution is 2.56. The molecule has 162 valence electrons. The van der Waals surface area contributed by atoms with Gasteiger partial charge in [-0.3, -0.25) is 4.79 Å². The number of nitrogens with one attached hydrogen (secondary N) is 3. The molecule has 2 aromatic rings. The summed E-state index contributed by atoms with van der Waals surface area (Å²) in [6, 6.07) is 7.34. The van der Waals surface area contributed by atoms with Crippen LogP contribution >= 0.6 is 0 Å². The molecule has 1 aromatic heterocycles. The summed E-state index contributed by atoms with van der Waals surface area (Å²) in [5.41, 5.74) is 1.81. The Morgan fingerprint density at radius 3 is 2.57 bits per heavy atom. The molecule has 0 saturated heterocycles. The lowest BCUT2D eigenvalue weighted by Gasteiger charge is -2.37. The zero-order valence-corrected chi connectivity index (χ0v) is 18.0. The van der Waals surface area contributed by atoms with Crippen LogP contribution in [0.2, 0.25) is 0 Å². The van der Waals surface area contributed by atoms with Crippen LogP contribution in [0.25, 0.3) is 10.9 Å². The molecule has 7 heteroatoms. The average molecular weight is 414 g/mol. The summed E-state index contributed by atoms with van der Waals surface area (Å²) in [4.78, 5) is 28.5. The molecule has 1 aromatic carbocycles. The smallest absolute Gasteiger partial charge is 0.407 e. The summed E-state index contributed by atoms with van der Waals surface area (Å²) in [5, 5.41) is 17.1. The summed E-state index contributed by atoms with van der Waals surface area (Å²) in [5.74, 6) is -0.197. The van der Waals surface area contributed by atoms with Crippen molar-refractivity contribution in [2.75, 3.05) is 0 Å². The largest absolute Gasteiger partial charge is 0.444 e. The number of aromatic nitrogens is 1. The van der Waals surface area contributed by atoms with E-state index >= 15 is 0 Å². The molecule has 0 radical (unpaired) electrons. The SMILES string of the molecule is Cc1ccc2[nH]c(C(=O)N[C@H]3CCC4(CC4O)C[C@H]3NC(=O)OC(C)(C)C)cc2c1. The molecule has 0 aliphatic heterocycles. The van der Waals surface area contributed by atoms with Crippen LogP contribution in [0.1, 0.15) is 62.5 Å². The molecule has 2 amide bonds. The third-order valence-corrected chi connectivity index (χ3v) is 6.25. The Balaban J connectivity index is 1.48. The number of amides is 2. The van der Waals surface area contributed by atoms with Gasteiger partial charge in [-0.2, -0.15) is 0 Å². The van der Waals surface area contributed by atoms with Crippen LogP contribution in [-0.2, 0) is 4.74 Å². The van der Waals surface area contributed by atoms with Crippen LogP contribution < -0.4 is 10.6 Å². The van der Waals surface area contributed by atoms with E-state index in [1.165, 1.54) is 0 Å². The van der Waals surface area contributed by atoms with Gasteiger partial charge in [0.25, 0.3) is 5.91 Å². The fourth-order valence-corrected chi connectivity index (χ4v) is 4.54. The fourth-order valence-electron chi connectivity index (χ4n) is 4.54. The molecule has 2 aliphatic carbocycles. The topological polar surface area (TPSA) is 103 Å². The first-order valence-corrected chi connectivity index (χ1v) is 10.6. The van der Waals surface area contributed by atoms with E-state index in [0.717, 1.165) is 29.3 Å². The number of hydrogen-bond donors (Lipinski definition) is 4. The van der Waals surface area contributed by atoms with E-state index in [1.54, 1.807) is 0 Å². The third kappa shape index (κ3) is 4.31. The number of carbonyl (C=O) groups is 2. The van der Waals surface area contributed by atoms with Gasteiger partial charge < -0.3 is 25.5 Å². The molecule has 1 spiro atoms. The summed E-state index contributed by atoms with van der Waals surface area (Å²) in [6.07, 6.45) is 2.08. The molecule has 2 saturated carbocycles. The van der Waals surface area contributed by atoms with Crippen molar-refractivity contribution in [1.29, 1.82) is 0 Å². The first-order chi connectivity index (χ1) is 14.0. The number of aryl methyl sites for hydroxylation is 1. The lowest BCUT2D eigenvalue weighted by molar-refractivity contribution is 0.0442. The lowest BCUT2D eigenvalue weighted by atomic mass is 9.79. The number of benzene rings is 1. The van der Waals surface area contributed by atoms with Crippen molar-refractivity contribution < 1.29 is 19.4 Å². The number of rotatable bonds is 3. The Morgan fingerprint density at radius 1 is 1.17 bits per heavy atom. The number of fused-ring (bicyclic) bond motifs is 1. The number of hydrogen-bond acceptors (Lipinski definition) is 4. The summed E-state index contributed by atoms with van der Waals surface area (Å²) >= 11 is 0. The number of aliphatic hydroxyl groups excluding tert-OH is 1. The summed E-state index contributed by atoms with van der Waals surface area (Å²) in [7, 11) is 0. The normalized spacial score (nSPS) is 28.4. The van der Waals surface area contributed by atoms with E-state index in [4.69, 9.17) is 4.74 Å². The number of ether oxygens (including phenoxy) is 1. The zero-order valence-electron chi connectivity index (χ0n) is 18.0. The third-order valence-electron chi connectivity index (χ3n) is 6.25. The molecule has 0 bridgehead atoms. The van der Waals surface area contributed by atoms with E-state index in [2.05, 4.69) is 15.6 Å². The van der Waals surface area contributed by atoms with Crippen molar-refractivity contribution in [3.63, 3.8) is 0 Å². The number of aromatic amines is 1. The summed E-state index contributed by atoms with van der Waals surface area (Å²) < 4.78 is 5.41. The maximum Gasteiger partial charge on any atom is 0.407 e. The lowest BCUT2D eigenvalue weighted by Crippen LogP contribution is -2.56. The molecule has 2 fully saturated rings. The van der Waals surface area contributed by atoms with Gasteiger partial charge in [-0.25, -0.2) is 4.79 Å². The van der Waals surface area contributed by atoms with Crippen LogP contribution in [0.5, 0.6) is 0 Å². The highest BCUT2D eigenvalue weighted by Gasteiger charge is 2.57. The number of H-pyrrole nitrogens is 1. The van der Waals surface area contributed by atoms with Crippen LogP contribution in [0.4, 0.5) is 4.79 Å². The van der Waals surface area contributed by atoms with Gasteiger partial charge in [0.05, 0.1) is 12.1 Å². The molecule has 4 atom stereocenters. The minimum absolute atomic E-state index is 0.139. The van der Waals surface area contributed by atoms with Gasteiger partial charge in [-0.15, -0.1) is 0 Å². The van der Waals surface area contributed by atoms with Gasteiger partial charge >= 0.3 is 6.09 Å². The molecule has 30 heavy (non-hydrogen) atoms. The average Bonchev–Trinajstić information content (AvgIpc) is 3.06. The van der Waals surface area contributed by atoms with Crippen LogP contribution in [-0.4, -0.2) is 45.9 Å². The molecule has 4 rings (SSSR count). The second-order valence-corrected chi connectivity index (χ2v) is 9.93. The standard InChI is InChI=1S/C23H31N3O4/c1-13-5-6-15-14(9-13)10-17(24-15)20(28)25-16-7-8-23(12-19(23)27)11-18(16)26-21(29)30-22(2,3)4/h5-6,9-10,16,18-19,24,27H,7-8,11-12H2,1-4H3,(H,25,28)(H,26,29)/t16-,18+,19?,23?/m0/s1. The Morgan fingerprint density at radius 2 is 1.90 bits per heavy atom. The number of alkyl carbamates (subject to hydrolysis) is 1. The molecule has 2 unspecified atom stereocenters. The highest BCUT2D eigenvalue weighted by molar-refractivity contribution is 5.98. The van der Waals surface area contributed by atoms with E-state index in [1.807, 2.05) is 52.0 Å². The van der Waals surface area contributed by atoms with E-state index in [9.17, 15) is 14.7 Å². The first-order valence-electron chi connectivity index (χ1n) is 10.6. The summed E-state index contributed by atoms with van der Waals surface area (Å²) in [6.45, 7) is 7.46. The van der Waals surface area contributed by atoms with E-state index < -0.39 is 11.7 Å². The quantitative estimate of drug-likeness (QED) is 0.619. The van der Waals surface area contributed by atoms with Gasteiger partial charge in [0.2, 0.25) is 0 Å². The Labute approximate surface area is 176 Å². The van der Waals surface area contributed by atoms with Gasteiger partial charge in [0.1, 0.15) is 11.3 Å². The maximum absolute atomic E-state index is 12.9. The van der Waals surface area contributed by atoms with E-state index in [-0.39, 0.29) is 29.5 Å². The number of aliphatic hydroxyl groups is 1. The minimum Gasteiger partial charge on any atom is -0.444 e. The molecular weight excluding hydrogens is 382 g/mol. The predicted octanol–water partition coefficient (Wildman–Crippen LogP) is 3.40. The van der Waals surface area contributed by atoms with Gasteiger partial charge in [-0.1, -0.05) is 11.6 Å². The predicted molar refractivity (Wildman–Crippen MR) is 114 cm³/mol. The van der Waals surface area contributed by atoms with Crippen molar-refractivity contribution in [3.8, 4) is 0 Å². The van der Waals surface area contributed by atoms with Gasteiger partial charge in [0.15, 0.2) is 0 Å². The van der Waals surface area contributed by atoms with Crippen LogP contribution in [0.15, 0.2) is 24.3 Å². The van der Waals surface area contributed by atoms with Gasteiger partial charge in [0, 0.05) is 22.4 Å². The molecule has 1 heterocycles. The van der Waals surface area contributed by atoms with Crippen LogP contribution in [0.3, 0.4) is 0 Å². The molecule has 7 nitrogen and oxygen atoms in total. The second kappa shape index (κ2) is 7.30. The van der Waals surface area contributed by atoms with Crippen molar-refractivity contribution in [2.45, 2.75) is 77.2 Å². The maximum atomic E-state index is 12.9. The van der Waals surface area contributed by atoms with Crippen molar-refractivity contribution in [2.24, 2.45) is 5.41 Å². The van der Waals surface area contributed by atoms with E-state index in [0.29, 0.717) is 18.5 Å². The fraction of sp³-hybridized carbons (Fsp3) is 0.565. The van der Waals surface area contributed by atoms with Crippen molar-refractivity contribution in [3.05, 3.63) is 35.5 Å².